The molecular formula is C8H19N3O. The molecule has 0 spiro atoms. The summed E-state index contributed by atoms with van der Waals surface area (Å²) in [7, 11) is 0. The van der Waals surface area contributed by atoms with E-state index in [1.54, 1.807) is 0 Å². The number of hydrogen-bond acceptors (Lipinski definition) is 3. The number of nitrogens with zero attached hydrogens (tertiary/aromatic N) is 1. The van der Waals surface area contributed by atoms with Crippen LogP contribution in [0.1, 0.15) is 27.2 Å². The van der Waals surface area contributed by atoms with Crippen LogP contribution in [-0.2, 0) is 0 Å². The zero-order valence-corrected chi connectivity index (χ0v) is 8.09. The first kappa shape index (κ1) is 11.2. The Morgan fingerprint density at radius 3 is 2.58 bits per heavy atom. The van der Waals surface area contributed by atoms with Crippen LogP contribution in [0.25, 0.3) is 0 Å². The van der Waals surface area contributed by atoms with E-state index >= 15 is 0 Å². The molecule has 4 N–H and O–H groups in total. The molecule has 0 aliphatic carbocycles. The van der Waals surface area contributed by atoms with Gasteiger partial charge in [0.15, 0.2) is 0 Å². The Labute approximate surface area is 73.8 Å². The Balaban J connectivity index is 3.87. The van der Waals surface area contributed by atoms with Crippen LogP contribution in [0.5, 0.6) is 0 Å². The number of oxime groups is 1. The van der Waals surface area contributed by atoms with Crippen LogP contribution >= 0.6 is 0 Å². The fraction of sp³-hybridized carbons (Fsp3) is 0.875. The topological polar surface area (TPSA) is 70.6 Å². The average Bonchev–Trinajstić information content (AvgIpc) is 2.03. The van der Waals surface area contributed by atoms with Crippen LogP contribution < -0.4 is 11.1 Å². The second kappa shape index (κ2) is 4.98. The van der Waals surface area contributed by atoms with E-state index < -0.39 is 0 Å². The van der Waals surface area contributed by atoms with E-state index in [0.29, 0.717) is 5.84 Å². The van der Waals surface area contributed by atoms with Gasteiger partial charge in [-0.15, -0.1) is 0 Å². The largest absolute Gasteiger partial charge is 0.409 e. The molecule has 0 aromatic rings. The van der Waals surface area contributed by atoms with Crippen LogP contribution in [0, 0.1) is 5.41 Å². The van der Waals surface area contributed by atoms with E-state index in [2.05, 4.69) is 17.4 Å². The molecule has 0 aromatic heterocycles. The molecule has 0 saturated heterocycles. The fourth-order valence-electron chi connectivity index (χ4n) is 0.841. The minimum absolute atomic E-state index is 0.225. The van der Waals surface area contributed by atoms with E-state index in [-0.39, 0.29) is 5.41 Å². The molecule has 4 heteroatoms. The molecule has 4 nitrogen and oxygen atoms in total. The molecule has 12 heavy (non-hydrogen) atoms. The van der Waals surface area contributed by atoms with Crippen molar-refractivity contribution in [2.45, 2.75) is 27.2 Å². The summed E-state index contributed by atoms with van der Waals surface area (Å²) in [6.45, 7) is 7.81. The van der Waals surface area contributed by atoms with Crippen molar-refractivity contribution in [2.24, 2.45) is 16.3 Å². The van der Waals surface area contributed by atoms with Crippen molar-refractivity contribution in [1.82, 2.24) is 5.32 Å². The van der Waals surface area contributed by atoms with Gasteiger partial charge in [-0.25, -0.2) is 0 Å². The van der Waals surface area contributed by atoms with Gasteiger partial charge >= 0.3 is 0 Å². The zero-order valence-electron chi connectivity index (χ0n) is 8.09. The van der Waals surface area contributed by atoms with Crippen LogP contribution in [0.3, 0.4) is 0 Å². The third-order valence-corrected chi connectivity index (χ3v) is 1.98. The molecule has 0 atom stereocenters. The molecule has 0 fully saturated rings. The quantitative estimate of drug-likeness (QED) is 0.189. The van der Waals surface area contributed by atoms with E-state index in [0.717, 1.165) is 19.5 Å². The molecule has 0 rings (SSSR count). The Morgan fingerprint density at radius 2 is 2.17 bits per heavy atom. The monoisotopic (exact) mass is 173 g/mol. The Morgan fingerprint density at radius 1 is 1.58 bits per heavy atom. The van der Waals surface area contributed by atoms with Crippen LogP contribution in [-0.4, -0.2) is 24.1 Å². The Hall–Kier alpha value is -0.770. The summed E-state index contributed by atoms with van der Waals surface area (Å²) >= 11 is 0. The minimum Gasteiger partial charge on any atom is -0.409 e. The Bertz CT molecular complexity index is 154. The molecule has 0 aliphatic rings. The summed E-state index contributed by atoms with van der Waals surface area (Å²) in [5, 5.41) is 14.7. The highest BCUT2D eigenvalue weighted by Crippen LogP contribution is 2.19. The van der Waals surface area contributed by atoms with Crippen molar-refractivity contribution in [3.8, 4) is 0 Å². The molecule has 0 unspecified atom stereocenters. The lowest BCUT2D eigenvalue weighted by atomic mass is 9.88. The lowest BCUT2D eigenvalue weighted by Crippen LogP contribution is -2.34. The number of rotatable bonds is 5. The van der Waals surface area contributed by atoms with Gasteiger partial charge in [-0.3, -0.25) is 0 Å². The van der Waals surface area contributed by atoms with Crippen LogP contribution in [0.4, 0.5) is 0 Å². The van der Waals surface area contributed by atoms with Gasteiger partial charge in [0.05, 0.1) is 0 Å². The molecule has 72 valence electrons. The maximum Gasteiger partial charge on any atom is 0.144 e. The van der Waals surface area contributed by atoms with E-state index in [1.807, 2.05) is 13.8 Å². The van der Waals surface area contributed by atoms with Crippen molar-refractivity contribution in [3.05, 3.63) is 0 Å². The van der Waals surface area contributed by atoms with Gasteiger partial charge in [0.1, 0.15) is 5.84 Å². The first-order valence-corrected chi connectivity index (χ1v) is 4.23. The van der Waals surface area contributed by atoms with Gasteiger partial charge in [-0.05, 0) is 19.5 Å². The van der Waals surface area contributed by atoms with Gasteiger partial charge in [-0.2, -0.15) is 0 Å². The van der Waals surface area contributed by atoms with Crippen molar-refractivity contribution < 1.29 is 5.21 Å². The van der Waals surface area contributed by atoms with E-state index in [4.69, 9.17) is 10.9 Å². The third kappa shape index (κ3) is 3.57. The molecular weight excluding hydrogens is 154 g/mol. The number of nitrogens with two attached hydrogens (primary N) is 1. The van der Waals surface area contributed by atoms with Crippen molar-refractivity contribution in [2.75, 3.05) is 13.1 Å². The predicted octanol–water partition coefficient (Wildman–Crippen LogP) is 0.759. The summed E-state index contributed by atoms with van der Waals surface area (Å²) in [6, 6.07) is 0. The summed E-state index contributed by atoms with van der Waals surface area (Å²) in [6.07, 6.45) is 0.872. The summed E-state index contributed by atoms with van der Waals surface area (Å²) < 4.78 is 0. The lowest BCUT2D eigenvalue weighted by Gasteiger charge is -2.22. The minimum atomic E-state index is -0.225. The lowest BCUT2D eigenvalue weighted by molar-refractivity contribution is 0.305. The van der Waals surface area contributed by atoms with E-state index in [1.165, 1.54) is 0 Å². The first-order valence-electron chi connectivity index (χ1n) is 4.23. The maximum absolute atomic E-state index is 8.47. The second-order valence-electron chi connectivity index (χ2n) is 3.47. The summed E-state index contributed by atoms with van der Waals surface area (Å²) in [5.74, 6) is 0.292. The standard InChI is InChI=1S/C8H19N3O/c1-4-10-6-5-8(2,3)7(9)11-12/h10,12H,4-6H2,1-3H3,(H2,9,11). The second-order valence-corrected chi connectivity index (χ2v) is 3.47. The van der Waals surface area contributed by atoms with Crippen LogP contribution in [0.15, 0.2) is 5.16 Å². The molecule has 0 heterocycles. The van der Waals surface area contributed by atoms with E-state index in [9.17, 15) is 0 Å². The zero-order chi connectivity index (χ0) is 9.61. The van der Waals surface area contributed by atoms with Gasteiger partial charge in [0.25, 0.3) is 0 Å². The molecule has 0 bridgehead atoms. The molecule has 0 radical (unpaired) electrons. The molecule has 0 amide bonds. The Kier molecular flexibility index (Phi) is 4.66. The van der Waals surface area contributed by atoms with Crippen LogP contribution in [0.2, 0.25) is 0 Å². The van der Waals surface area contributed by atoms with Crippen molar-refractivity contribution in [3.63, 3.8) is 0 Å². The highest BCUT2D eigenvalue weighted by atomic mass is 16.4. The highest BCUT2D eigenvalue weighted by Gasteiger charge is 2.22. The fourth-order valence-corrected chi connectivity index (χ4v) is 0.841. The van der Waals surface area contributed by atoms with Crippen molar-refractivity contribution in [1.29, 1.82) is 0 Å². The number of hydrogen-bond donors (Lipinski definition) is 3. The number of amidine groups is 1. The van der Waals surface area contributed by atoms with Gasteiger partial charge in [-0.1, -0.05) is 25.9 Å². The van der Waals surface area contributed by atoms with Gasteiger partial charge in [0.2, 0.25) is 0 Å². The third-order valence-electron chi connectivity index (χ3n) is 1.98. The average molecular weight is 173 g/mol. The summed E-state index contributed by atoms with van der Waals surface area (Å²) in [4.78, 5) is 0. The van der Waals surface area contributed by atoms with Crippen molar-refractivity contribution >= 4 is 5.84 Å². The normalized spacial score (nSPS) is 13.4. The summed E-state index contributed by atoms with van der Waals surface area (Å²) in [5.41, 5.74) is 5.28. The maximum atomic E-state index is 8.47. The SMILES string of the molecule is CCNCCC(C)(C)C(N)=NO. The number of nitrogens with one attached hydrogen (secondary N) is 1. The van der Waals surface area contributed by atoms with Gasteiger partial charge < -0.3 is 16.3 Å². The molecule has 0 aliphatic heterocycles. The highest BCUT2D eigenvalue weighted by molar-refractivity contribution is 5.85. The molecule has 0 saturated carbocycles. The first-order chi connectivity index (χ1) is 5.54. The smallest absolute Gasteiger partial charge is 0.144 e. The molecule has 0 aromatic carbocycles. The van der Waals surface area contributed by atoms with Gasteiger partial charge in [0, 0.05) is 5.41 Å². The predicted molar refractivity (Wildman–Crippen MR) is 50.4 cm³/mol.